The van der Waals surface area contributed by atoms with Crippen molar-refractivity contribution in [3.63, 3.8) is 0 Å². The molecule has 0 bridgehead atoms. The van der Waals surface area contributed by atoms with Gasteiger partial charge in [-0.25, -0.2) is 0 Å². The smallest absolute Gasteiger partial charge is 0.389 e. The molecule has 0 saturated carbocycles. The van der Waals surface area contributed by atoms with Crippen molar-refractivity contribution in [3.05, 3.63) is 24.2 Å². The van der Waals surface area contributed by atoms with Crippen LogP contribution in [-0.4, -0.2) is 12.7 Å². The third kappa shape index (κ3) is 4.38. The highest BCUT2D eigenvalue weighted by molar-refractivity contribution is 5.04. The second-order valence-corrected chi connectivity index (χ2v) is 3.28. The van der Waals surface area contributed by atoms with Gasteiger partial charge in [0, 0.05) is 6.42 Å². The van der Waals surface area contributed by atoms with Gasteiger partial charge in [0.05, 0.1) is 12.3 Å². The number of hydrogen-bond donors (Lipinski definition) is 1. The van der Waals surface area contributed by atoms with Crippen LogP contribution in [0.3, 0.4) is 0 Å². The Morgan fingerprint density at radius 2 is 2.20 bits per heavy atom. The maximum atomic E-state index is 12.0. The Morgan fingerprint density at radius 1 is 1.47 bits per heavy atom. The molecule has 0 radical (unpaired) electrons. The Kier molecular flexibility index (Phi) is 4.20. The molecular formula is C10H14F3NO. The van der Waals surface area contributed by atoms with Crippen LogP contribution in [0.5, 0.6) is 0 Å². The quantitative estimate of drug-likeness (QED) is 0.825. The van der Waals surface area contributed by atoms with Gasteiger partial charge >= 0.3 is 6.18 Å². The van der Waals surface area contributed by atoms with Crippen molar-refractivity contribution >= 4 is 0 Å². The maximum Gasteiger partial charge on any atom is 0.389 e. The van der Waals surface area contributed by atoms with E-state index >= 15 is 0 Å². The average molecular weight is 221 g/mol. The molecule has 0 aromatic carbocycles. The van der Waals surface area contributed by atoms with Gasteiger partial charge in [0.1, 0.15) is 5.76 Å². The average Bonchev–Trinajstić information content (AvgIpc) is 2.63. The predicted molar refractivity (Wildman–Crippen MR) is 50.4 cm³/mol. The van der Waals surface area contributed by atoms with E-state index in [1.165, 1.54) is 6.26 Å². The highest BCUT2D eigenvalue weighted by atomic mass is 19.4. The molecule has 1 heterocycles. The molecule has 5 heteroatoms. The van der Waals surface area contributed by atoms with Crippen molar-refractivity contribution in [3.8, 4) is 0 Å². The summed E-state index contributed by atoms with van der Waals surface area (Å²) in [4.78, 5) is 0. The zero-order valence-corrected chi connectivity index (χ0v) is 8.47. The van der Waals surface area contributed by atoms with Crippen molar-refractivity contribution in [1.29, 1.82) is 0 Å². The standard InChI is InChI=1S/C10H14F3NO/c1-2-14-8(5-6-10(11,12)13)9-4-3-7-15-9/h3-4,7-8,14H,2,5-6H2,1H3. The molecule has 1 aromatic heterocycles. The molecule has 0 aliphatic heterocycles. The highest BCUT2D eigenvalue weighted by Crippen LogP contribution is 2.27. The first kappa shape index (κ1) is 12.1. The molecule has 0 saturated heterocycles. The van der Waals surface area contributed by atoms with Crippen molar-refractivity contribution in [2.75, 3.05) is 6.54 Å². The van der Waals surface area contributed by atoms with E-state index in [9.17, 15) is 13.2 Å². The molecule has 1 atom stereocenters. The number of halogens is 3. The molecule has 0 aliphatic carbocycles. The van der Waals surface area contributed by atoms with Crippen LogP contribution in [0.4, 0.5) is 13.2 Å². The largest absolute Gasteiger partial charge is 0.468 e. The molecule has 86 valence electrons. The summed E-state index contributed by atoms with van der Waals surface area (Å²) >= 11 is 0. The summed E-state index contributed by atoms with van der Waals surface area (Å²) in [6.45, 7) is 2.47. The third-order valence-electron chi connectivity index (χ3n) is 2.05. The Bertz CT molecular complexity index is 269. The Balaban J connectivity index is 2.52. The van der Waals surface area contributed by atoms with Crippen molar-refractivity contribution in [2.24, 2.45) is 0 Å². The second-order valence-electron chi connectivity index (χ2n) is 3.28. The lowest BCUT2D eigenvalue weighted by Gasteiger charge is -2.16. The summed E-state index contributed by atoms with van der Waals surface area (Å²) in [6.07, 6.45) is -3.44. The molecule has 1 aromatic rings. The minimum atomic E-state index is -4.11. The summed E-state index contributed by atoms with van der Waals surface area (Å²) in [6, 6.07) is 3.00. The zero-order valence-electron chi connectivity index (χ0n) is 8.47. The Hall–Kier alpha value is -0.970. The van der Waals surface area contributed by atoms with E-state index in [4.69, 9.17) is 4.42 Å². The van der Waals surface area contributed by atoms with Gasteiger partial charge in [0.2, 0.25) is 0 Å². The molecule has 1 rings (SSSR count). The minimum absolute atomic E-state index is 0.00481. The molecule has 0 aliphatic rings. The molecule has 0 spiro atoms. The fraction of sp³-hybridized carbons (Fsp3) is 0.600. The van der Waals surface area contributed by atoms with Crippen LogP contribution in [0.1, 0.15) is 31.6 Å². The topological polar surface area (TPSA) is 25.2 Å². The van der Waals surface area contributed by atoms with E-state index in [2.05, 4.69) is 5.32 Å². The number of hydrogen-bond acceptors (Lipinski definition) is 2. The fourth-order valence-electron chi connectivity index (χ4n) is 1.39. The summed E-state index contributed by atoms with van der Waals surface area (Å²) in [5.41, 5.74) is 0. The fourth-order valence-corrected chi connectivity index (χ4v) is 1.39. The number of furan rings is 1. The van der Waals surface area contributed by atoms with Gasteiger partial charge in [-0.3, -0.25) is 0 Å². The summed E-state index contributed by atoms with van der Waals surface area (Å²) in [5.74, 6) is 0.557. The van der Waals surface area contributed by atoms with Crippen molar-refractivity contribution in [2.45, 2.75) is 32.0 Å². The minimum Gasteiger partial charge on any atom is -0.468 e. The lowest BCUT2D eigenvalue weighted by molar-refractivity contribution is -0.136. The van der Waals surface area contributed by atoms with E-state index < -0.39 is 12.6 Å². The normalized spacial score (nSPS) is 14.1. The van der Waals surface area contributed by atoms with E-state index in [-0.39, 0.29) is 12.5 Å². The van der Waals surface area contributed by atoms with Gasteiger partial charge in [0.15, 0.2) is 0 Å². The SMILES string of the molecule is CCNC(CCC(F)(F)F)c1ccco1. The highest BCUT2D eigenvalue weighted by Gasteiger charge is 2.29. The molecule has 2 nitrogen and oxygen atoms in total. The van der Waals surface area contributed by atoms with E-state index in [0.29, 0.717) is 12.3 Å². The zero-order chi connectivity index (χ0) is 11.3. The first-order valence-corrected chi connectivity index (χ1v) is 4.86. The monoisotopic (exact) mass is 221 g/mol. The van der Waals surface area contributed by atoms with Gasteiger partial charge < -0.3 is 9.73 Å². The molecule has 1 unspecified atom stereocenters. The molecule has 1 N–H and O–H groups in total. The predicted octanol–water partition coefficient (Wildman–Crippen LogP) is 3.27. The first-order chi connectivity index (χ1) is 7.03. The van der Waals surface area contributed by atoms with Crippen LogP contribution in [0.25, 0.3) is 0 Å². The van der Waals surface area contributed by atoms with E-state index in [1.54, 1.807) is 12.1 Å². The van der Waals surface area contributed by atoms with Crippen LogP contribution in [-0.2, 0) is 0 Å². The van der Waals surface area contributed by atoms with Crippen LogP contribution >= 0.6 is 0 Å². The van der Waals surface area contributed by atoms with Crippen LogP contribution in [0.15, 0.2) is 22.8 Å². The Labute approximate surface area is 86.5 Å². The number of rotatable bonds is 5. The van der Waals surface area contributed by atoms with E-state index in [0.717, 1.165) is 0 Å². The third-order valence-corrected chi connectivity index (χ3v) is 2.05. The van der Waals surface area contributed by atoms with Crippen LogP contribution < -0.4 is 5.32 Å². The number of nitrogens with one attached hydrogen (secondary N) is 1. The molecular weight excluding hydrogens is 207 g/mol. The molecule has 15 heavy (non-hydrogen) atoms. The van der Waals surface area contributed by atoms with Crippen LogP contribution in [0.2, 0.25) is 0 Å². The maximum absolute atomic E-state index is 12.0. The second kappa shape index (κ2) is 5.21. The van der Waals surface area contributed by atoms with Gasteiger partial charge in [-0.2, -0.15) is 13.2 Å². The lowest BCUT2D eigenvalue weighted by Crippen LogP contribution is -2.22. The van der Waals surface area contributed by atoms with Gasteiger partial charge in [-0.05, 0) is 25.1 Å². The Morgan fingerprint density at radius 3 is 2.67 bits per heavy atom. The van der Waals surface area contributed by atoms with Gasteiger partial charge in [-0.15, -0.1) is 0 Å². The van der Waals surface area contributed by atoms with Crippen molar-refractivity contribution < 1.29 is 17.6 Å². The van der Waals surface area contributed by atoms with Crippen molar-refractivity contribution in [1.82, 2.24) is 5.32 Å². The summed E-state index contributed by atoms with van der Waals surface area (Å²) in [7, 11) is 0. The van der Waals surface area contributed by atoms with Crippen LogP contribution in [0, 0.1) is 0 Å². The molecule has 0 fully saturated rings. The lowest BCUT2D eigenvalue weighted by atomic mass is 10.1. The first-order valence-electron chi connectivity index (χ1n) is 4.86. The van der Waals surface area contributed by atoms with E-state index in [1.807, 2.05) is 6.92 Å². The molecule has 0 amide bonds. The number of alkyl halides is 3. The van der Waals surface area contributed by atoms with Gasteiger partial charge in [-0.1, -0.05) is 6.92 Å². The summed E-state index contributed by atoms with van der Waals surface area (Å²) in [5, 5.41) is 2.96. The van der Waals surface area contributed by atoms with Gasteiger partial charge in [0.25, 0.3) is 0 Å². The summed E-state index contributed by atoms with van der Waals surface area (Å²) < 4.78 is 41.2.